The molecule has 0 amide bonds. The lowest BCUT2D eigenvalue weighted by Gasteiger charge is -2.32. The number of rotatable bonds is 2. The topological polar surface area (TPSA) is 16.1 Å². The molecule has 1 fully saturated rings. The highest BCUT2D eigenvalue weighted by molar-refractivity contribution is 7.15. The lowest BCUT2D eigenvalue weighted by Crippen LogP contribution is -2.35. The first kappa shape index (κ1) is 12.2. The van der Waals surface area contributed by atoms with Gasteiger partial charge in [0.25, 0.3) is 0 Å². The van der Waals surface area contributed by atoms with Crippen molar-refractivity contribution in [1.82, 2.24) is 4.98 Å². The number of nitrogens with zero attached hydrogens (tertiary/aromatic N) is 2. The fourth-order valence-electron chi connectivity index (χ4n) is 2.14. The molecular formula is C12H19ClN2S. The van der Waals surface area contributed by atoms with E-state index in [1.165, 1.54) is 28.5 Å². The zero-order valence-electron chi connectivity index (χ0n) is 10.2. The zero-order valence-corrected chi connectivity index (χ0v) is 11.7. The molecule has 0 radical (unpaired) electrons. The minimum Gasteiger partial charge on any atom is -0.348 e. The molecule has 0 saturated carbocycles. The number of halogens is 1. The Hall–Kier alpha value is -0.280. The Morgan fingerprint density at radius 2 is 2.00 bits per heavy atom. The van der Waals surface area contributed by atoms with E-state index in [9.17, 15) is 0 Å². The highest BCUT2D eigenvalue weighted by atomic mass is 35.5. The summed E-state index contributed by atoms with van der Waals surface area (Å²) < 4.78 is 0. The van der Waals surface area contributed by atoms with Gasteiger partial charge in [-0.3, -0.25) is 0 Å². The molecular weight excluding hydrogens is 240 g/mol. The van der Waals surface area contributed by atoms with Crippen LogP contribution in [0.5, 0.6) is 0 Å². The maximum atomic E-state index is 6.15. The number of piperidine rings is 1. The number of thiazole rings is 1. The van der Waals surface area contributed by atoms with Gasteiger partial charge < -0.3 is 4.90 Å². The lowest BCUT2D eigenvalue weighted by atomic mass is 9.94. The second-order valence-electron chi connectivity index (χ2n) is 4.64. The van der Waals surface area contributed by atoms with Crippen molar-refractivity contribution in [3.63, 3.8) is 0 Å². The van der Waals surface area contributed by atoms with E-state index < -0.39 is 0 Å². The van der Waals surface area contributed by atoms with E-state index in [-0.39, 0.29) is 0 Å². The van der Waals surface area contributed by atoms with Gasteiger partial charge in [-0.15, -0.1) is 22.9 Å². The Bertz CT molecular complexity index is 334. The molecule has 16 heavy (non-hydrogen) atoms. The first-order valence-corrected chi connectivity index (χ1v) is 7.16. The average molecular weight is 259 g/mol. The number of alkyl halides is 1. The normalized spacial score (nSPS) is 20.1. The summed E-state index contributed by atoms with van der Waals surface area (Å²) in [5.74, 6) is 0.681. The Balaban J connectivity index is 1.99. The van der Waals surface area contributed by atoms with E-state index in [2.05, 4.69) is 30.7 Å². The molecule has 2 nitrogen and oxygen atoms in total. The van der Waals surface area contributed by atoms with Crippen molar-refractivity contribution in [2.45, 2.75) is 39.0 Å². The van der Waals surface area contributed by atoms with Gasteiger partial charge in [-0.2, -0.15) is 0 Å². The van der Waals surface area contributed by atoms with Gasteiger partial charge >= 0.3 is 0 Å². The van der Waals surface area contributed by atoms with E-state index in [1.54, 1.807) is 0 Å². The van der Waals surface area contributed by atoms with Gasteiger partial charge in [0.1, 0.15) is 0 Å². The summed E-state index contributed by atoms with van der Waals surface area (Å²) in [6, 6.07) is 0. The Kier molecular flexibility index (Phi) is 3.75. The highest BCUT2D eigenvalue weighted by Gasteiger charge is 2.24. The molecule has 2 rings (SSSR count). The molecule has 1 atom stereocenters. The minimum absolute atomic E-state index is 0.307. The molecule has 0 N–H and O–H groups in total. The maximum absolute atomic E-state index is 6.15. The van der Waals surface area contributed by atoms with Crippen LogP contribution < -0.4 is 4.90 Å². The fourth-order valence-corrected chi connectivity index (χ4v) is 3.35. The molecule has 0 spiro atoms. The summed E-state index contributed by atoms with van der Waals surface area (Å²) in [5, 5.41) is 1.50. The van der Waals surface area contributed by atoms with Crippen molar-refractivity contribution in [2.24, 2.45) is 5.92 Å². The van der Waals surface area contributed by atoms with Crippen molar-refractivity contribution in [3.8, 4) is 0 Å². The summed E-state index contributed by atoms with van der Waals surface area (Å²) in [7, 11) is 0. The predicted octanol–water partition coefficient (Wildman–Crippen LogP) is 3.60. The Morgan fingerprint density at radius 1 is 1.38 bits per heavy atom. The standard InChI is InChI=1S/C12H19ClN2S/c1-8(13)11-4-6-15(7-5-11)12-14-9(2)10(3)16-12/h8,11H,4-7H2,1-3H3. The van der Waals surface area contributed by atoms with E-state index in [4.69, 9.17) is 11.6 Å². The molecule has 2 heterocycles. The van der Waals surface area contributed by atoms with Crippen LogP contribution >= 0.6 is 22.9 Å². The van der Waals surface area contributed by atoms with E-state index in [0.717, 1.165) is 13.1 Å². The van der Waals surface area contributed by atoms with Crippen molar-refractivity contribution in [2.75, 3.05) is 18.0 Å². The summed E-state index contributed by atoms with van der Waals surface area (Å²) in [4.78, 5) is 8.35. The molecule has 90 valence electrons. The summed E-state index contributed by atoms with van der Waals surface area (Å²) >= 11 is 7.96. The largest absolute Gasteiger partial charge is 0.348 e. The quantitative estimate of drug-likeness (QED) is 0.754. The number of anilines is 1. The average Bonchev–Trinajstić information content (AvgIpc) is 2.59. The smallest absolute Gasteiger partial charge is 0.185 e. The third kappa shape index (κ3) is 2.51. The van der Waals surface area contributed by atoms with Gasteiger partial charge in [-0.1, -0.05) is 0 Å². The third-order valence-electron chi connectivity index (χ3n) is 3.48. The summed E-state index contributed by atoms with van der Waals surface area (Å²) in [5.41, 5.74) is 1.17. The zero-order chi connectivity index (χ0) is 11.7. The highest BCUT2D eigenvalue weighted by Crippen LogP contribution is 2.30. The van der Waals surface area contributed by atoms with Crippen molar-refractivity contribution < 1.29 is 0 Å². The van der Waals surface area contributed by atoms with Crippen LogP contribution in [-0.2, 0) is 0 Å². The molecule has 0 aliphatic carbocycles. The van der Waals surface area contributed by atoms with Crippen molar-refractivity contribution >= 4 is 28.1 Å². The van der Waals surface area contributed by atoms with Crippen LogP contribution in [0, 0.1) is 19.8 Å². The number of aryl methyl sites for hydroxylation is 2. The Labute approximate surface area is 107 Å². The van der Waals surface area contributed by atoms with Crippen molar-refractivity contribution in [3.05, 3.63) is 10.6 Å². The molecule has 1 unspecified atom stereocenters. The van der Waals surface area contributed by atoms with Gasteiger partial charge in [-0.25, -0.2) is 4.98 Å². The van der Waals surface area contributed by atoms with Crippen LogP contribution in [0.25, 0.3) is 0 Å². The molecule has 4 heteroatoms. The van der Waals surface area contributed by atoms with Crippen LogP contribution in [0.15, 0.2) is 0 Å². The van der Waals surface area contributed by atoms with Crippen LogP contribution in [0.1, 0.15) is 30.3 Å². The van der Waals surface area contributed by atoms with E-state index in [1.807, 2.05) is 11.3 Å². The van der Waals surface area contributed by atoms with Crippen molar-refractivity contribution in [1.29, 1.82) is 0 Å². The van der Waals surface area contributed by atoms with Crippen LogP contribution in [-0.4, -0.2) is 23.5 Å². The van der Waals surface area contributed by atoms with Gasteiger partial charge in [-0.05, 0) is 39.5 Å². The predicted molar refractivity (Wildman–Crippen MR) is 71.8 cm³/mol. The first-order chi connectivity index (χ1) is 7.58. The molecule has 1 aliphatic heterocycles. The van der Waals surface area contributed by atoms with Crippen LogP contribution in [0.4, 0.5) is 5.13 Å². The number of hydrogen-bond acceptors (Lipinski definition) is 3. The molecule has 1 aliphatic rings. The van der Waals surface area contributed by atoms with Gasteiger partial charge in [0.15, 0.2) is 5.13 Å². The van der Waals surface area contributed by atoms with Gasteiger partial charge in [0, 0.05) is 23.3 Å². The molecule has 1 saturated heterocycles. The second-order valence-corrected chi connectivity index (χ2v) is 6.51. The van der Waals surface area contributed by atoms with Crippen LogP contribution in [0.3, 0.4) is 0 Å². The SMILES string of the molecule is Cc1nc(N2CCC(C(C)Cl)CC2)sc1C. The van der Waals surface area contributed by atoms with Crippen LogP contribution in [0.2, 0.25) is 0 Å². The summed E-state index contributed by atoms with van der Waals surface area (Å²) in [6.45, 7) is 8.55. The van der Waals surface area contributed by atoms with E-state index >= 15 is 0 Å². The maximum Gasteiger partial charge on any atom is 0.185 e. The number of aromatic nitrogens is 1. The fraction of sp³-hybridized carbons (Fsp3) is 0.750. The second kappa shape index (κ2) is 4.92. The van der Waals surface area contributed by atoms with Gasteiger partial charge in [0.05, 0.1) is 5.69 Å². The molecule has 0 aromatic carbocycles. The van der Waals surface area contributed by atoms with Gasteiger partial charge in [0.2, 0.25) is 0 Å². The molecule has 1 aromatic rings. The number of hydrogen-bond donors (Lipinski definition) is 0. The lowest BCUT2D eigenvalue weighted by molar-refractivity contribution is 0.400. The molecule has 0 bridgehead atoms. The third-order valence-corrected chi connectivity index (χ3v) is 4.97. The first-order valence-electron chi connectivity index (χ1n) is 5.91. The van der Waals surface area contributed by atoms with E-state index in [0.29, 0.717) is 11.3 Å². The Morgan fingerprint density at radius 3 is 2.44 bits per heavy atom. The minimum atomic E-state index is 0.307. The summed E-state index contributed by atoms with van der Waals surface area (Å²) in [6.07, 6.45) is 2.39. The molecule has 1 aromatic heterocycles. The monoisotopic (exact) mass is 258 g/mol.